The first-order chi connectivity index (χ1) is 16.1. The van der Waals surface area contributed by atoms with Gasteiger partial charge in [-0.15, -0.1) is 0 Å². The standard InChI is InChI=1S/C24H23N3O3S3/c1-3-16-8-10-17(11-9-16)26-21-20(33-24(26)31)22(28)27(18-7-5-4-6-15(18)2)23(25-21)32-14-19-29-12-13-30-19/h4-11,19H,3,12-14H2,1-2H3. The minimum Gasteiger partial charge on any atom is -0.349 e. The van der Waals surface area contributed by atoms with Gasteiger partial charge in [0.2, 0.25) is 0 Å². The number of ether oxygens (including phenoxy) is 2. The van der Waals surface area contributed by atoms with Gasteiger partial charge in [0.15, 0.2) is 21.0 Å². The summed E-state index contributed by atoms with van der Waals surface area (Å²) in [5, 5.41) is 0.590. The average molecular weight is 498 g/mol. The minimum atomic E-state index is -0.307. The first-order valence-corrected chi connectivity index (χ1v) is 13.0. The lowest BCUT2D eigenvalue weighted by Crippen LogP contribution is -2.23. The summed E-state index contributed by atoms with van der Waals surface area (Å²) in [6, 6.07) is 16.1. The van der Waals surface area contributed by atoms with Gasteiger partial charge in [0.25, 0.3) is 5.56 Å². The van der Waals surface area contributed by atoms with Crippen molar-refractivity contribution >= 4 is 45.7 Å². The van der Waals surface area contributed by atoms with Crippen LogP contribution in [0.25, 0.3) is 21.7 Å². The van der Waals surface area contributed by atoms with Crippen molar-refractivity contribution in [2.45, 2.75) is 31.7 Å². The summed E-state index contributed by atoms with van der Waals surface area (Å²) in [6.07, 6.45) is 0.653. The number of para-hydroxylation sites is 1. The Morgan fingerprint density at radius 1 is 1.12 bits per heavy atom. The Morgan fingerprint density at radius 3 is 2.55 bits per heavy atom. The van der Waals surface area contributed by atoms with Crippen molar-refractivity contribution in [1.29, 1.82) is 0 Å². The molecule has 1 aliphatic heterocycles. The van der Waals surface area contributed by atoms with Gasteiger partial charge in [-0.2, -0.15) is 0 Å². The normalized spacial score (nSPS) is 14.4. The monoisotopic (exact) mass is 497 g/mol. The maximum absolute atomic E-state index is 13.8. The molecule has 5 rings (SSSR count). The van der Waals surface area contributed by atoms with Gasteiger partial charge in [-0.1, -0.05) is 60.4 Å². The van der Waals surface area contributed by atoms with Crippen LogP contribution in [0.2, 0.25) is 0 Å². The number of aryl methyl sites for hydroxylation is 2. The van der Waals surface area contributed by atoms with Crippen molar-refractivity contribution in [3.63, 3.8) is 0 Å². The largest absolute Gasteiger partial charge is 0.349 e. The van der Waals surface area contributed by atoms with E-state index in [1.807, 2.05) is 47.9 Å². The molecule has 1 fully saturated rings. The summed E-state index contributed by atoms with van der Waals surface area (Å²) in [7, 11) is 0. The van der Waals surface area contributed by atoms with Crippen LogP contribution < -0.4 is 5.56 Å². The third-order valence-corrected chi connectivity index (χ3v) is 7.90. The number of hydrogen-bond acceptors (Lipinski definition) is 7. The van der Waals surface area contributed by atoms with E-state index in [1.54, 1.807) is 4.57 Å². The molecule has 1 saturated heterocycles. The van der Waals surface area contributed by atoms with Crippen LogP contribution in [0.5, 0.6) is 0 Å². The zero-order valence-electron chi connectivity index (χ0n) is 18.3. The van der Waals surface area contributed by atoms with Crippen LogP contribution in [-0.2, 0) is 15.9 Å². The molecule has 0 amide bonds. The van der Waals surface area contributed by atoms with E-state index < -0.39 is 0 Å². The predicted octanol–water partition coefficient (Wildman–Crippen LogP) is 5.30. The number of nitrogens with zero attached hydrogens (tertiary/aromatic N) is 3. The summed E-state index contributed by atoms with van der Waals surface area (Å²) in [6.45, 7) is 5.28. The highest BCUT2D eigenvalue weighted by Crippen LogP contribution is 2.29. The molecule has 0 aliphatic carbocycles. The van der Waals surface area contributed by atoms with Crippen molar-refractivity contribution in [1.82, 2.24) is 14.1 Å². The predicted molar refractivity (Wildman–Crippen MR) is 136 cm³/mol. The van der Waals surface area contributed by atoms with Crippen LogP contribution in [0, 0.1) is 10.9 Å². The highest BCUT2D eigenvalue weighted by atomic mass is 32.2. The first kappa shape index (κ1) is 22.5. The lowest BCUT2D eigenvalue weighted by Gasteiger charge is -2.16. The molecule has 0 radical (unpaired) electrons. The maximum atomic E-state index is 13.8. The molecule has 1 aliphatic rings. The number of rotatable bonds is 6. The molecule has 0 bridgehead atoms. The van der Waals surface area contributed by atoms with E-state index in [0.29, 0.717) is 38.4 Å². The fourth-order valence-electron chi connectivity index (χ4n) is 3.81. The molecule has 33 heavy (non-hydrogen) atoms. The number of aromatic nitrogens is 3. The van der Waals surface area contributed by atoms with Gasteiger partial charge in [0, 0.05) is 5.69 Å². The quantitative estimate of drug-likeness (QED) is 0.205. The third kappa shape index (κ3) is 4.31. The van der Waals surface area contributed by atoms with E-state index in [9.17, 15) is 4.79 Å². The number of thiazole rings is 1. The SMILES string of the molecule is CCc1ccc(-n2c(=S)sc3c(=O)n(-c4ccccc4C)c(SCC4OCCO4)nc32)cc1. The van der Waals surface area contributed by atoms with Crippen molar-refractivity contribution in [2.24, 2.45) is 0 Å². The number of thioether (sulfide) groups is 1. The maximum Gasteiger partial charge on any atom is 0.278 e. The molecule has 0 saturated carbocycles. The van der Waals surface area contributed by atoms with E-state index in [2.05, 4.69) is 19.1 Å². The van der Waals surface area contributed by atoms with Crippen LogP contribution in [0.15, 0.2) is 58.5 Å². The Kier molecular flexibility index (Phi) is 6.49. The molecule has 0 atom stereocenters. The van der Waals surface area contributed by atoms with Crippen LogP contribution in [0.4, 0.5) is 0 Å². The van der Waals surface area contributed by atoms with Gasteiger partial charge in [-0.3, -0.25) is 13.9 Å². The van der Waals surface area contributed by atoms with Crippen LogP contribution in [-0.4, -0.2) is 39.4 Å². The molecule has 4 aromatic rings. The van der Waals surface area contributed by atoms with Crippen molar-refractivity contribution in [2.75, 3.05) is 19.0 Å². The smallest absolute Gasteiger partial charge is 0.278 e. The molecule has 0 spiro atoms. The molecule has 6 nitrogen and oxygen atoms in total. The highest BCUT2D eigenvalue weighted by Gasteiger charge is 2.22. The zero-order valence-corrected chi connectivity index (χ0v) is 20.8. The molecule has 3 heterocycles. The summed E-state index contributed by atoms with van der Waals surface area (Å²) < 4.78 is 15.9. The lowest BCUT2D eigenvalue weighted by atomic mass is 10.1. The Balaban J connectivity index is 1.71. The second-order valence-corrected chi connectivity index (χ2v) is 10.3. The molecule has 0 unspecified atom stereocenters. The fraction of sp³-hybridized carbons (Fsp3) is 0.292. The van der Waals surface area contributed by atoms with Gasteiger partial charge in [-0.05, 0) is 54.9 Å². The second kappa shape index (κ2) is 9.52. The van der Waals surface area contributed by atoms with Crippen LogP contribution in [0.3, 0.4) is 0 Å². The lowest BCUT2D eigenvalue weighted by molar-refractivity contribution is -0.0215. The molecule has 170 valence electrons. The van der Waals surface area contributed by atoms with E-state index in [-0.39, 0.29) is 11.8 Å². The number of hydrogen-bond donors (Lipinski definition) is 0. The Morgan fingerprint density at radius 2 is 1.85 bits per heavy atom. The molecule has 0 N–H and O–H groups in total. The van der Waals surface area contributed by atoms with Crippen molar-refractivity contribution in [3.8, 4) is 11.4 Å². The Bertz CT molecular complexity index is 1420. The Hall–Kier alpha value is -2.30. The molecule has 2 aromatic heterocycles. The van der Waals surface area contributed by atoms with Crippen LogP contribution >= 0.6 is 35.3 Å². The topological polar surface area (TPSA) is 58.3 Å². The van der Waals surface area contributed by atoms with Gasteiger partial charge < -0.3 is 9.47 Å². The van der Waals surface area contributed by atoms with E-state index in [4.69, 9.17) is 26.7 Å². The summed E-state index contributed by atoms with van der Waals surface area (Å²) in [4.78, 5) is 18.8. The van der Waals surface area contributed by atoms with Gasteiger partial charge in [0.1, 0.15) is 4.70 Å². The van der Waals surface area contributed by atoms with Crippen LogP contribution in [0.1, 0.15) is 18.1 Å². The Labute approximate surface area is 204 Å². The van der Waals surface area contributed by atoms with E-state index >= 15 is 0 Å². The average Bonchev–Trinajstić information content (AvgIpc) is 3.46. The zero-order chi connectivity index (χ0) is 22.9. The fourth-order valence-corrected chi connectivity index (χ4v) is 6.06. The molecular weight excluding hydrogens is 474 g/mol. The second-order valence-electron chi connectivity index (χ2n) is 7.68. The van der Waals surface area contributed by atoms with E-state index in [1.165, 1.54) is 28.7 Å². The molecule has 2 aromatic carbocycles. The molecular formula is C24H23N3O3S3. The number of fused-ring (bicyclic) bond motifs is 1. The third-order valence-electron chi connectivity index (χ3n) is 5.58. The molecule has 9 heteroatoms. The summed E-state index contributed by atoms with van der Waals surface area (Å²) in [5.41, 5.74) is 4.42. The first-order valence-electron chi connectivity index (χ1n) is 10.8. The van der Waals surface area contributed by atoms with Gasteiger partial charge >= 0.3 is 0 Å². The van der Waals surface area contributed by atoms with Gasteiger partial charge in [0.05, 0.1) is 24.7 Å². The highest BCUT2D eigenvalue weighted by molar-refractivity contribution is 7.99. The minimum absolute atomic E-state index is 0.120. The number of benzene rings is 2. The summed E-state index contributed by atoms with van der Waals surface area (Å²) in [5.74, 6) is 0.542. The van der Waals surface area contributed by atoms with E-state index in [0.717, 1.165) is 23.4 Å². The van der Waals surface area contributed by atoms with Gasteiger partial charge in [-0.25, -0.2) is 4.98 Å². The van der Waals surface area contributed by atoms with Crippen molar-refractivity contribution < 1.29 is 9.47 Å². The summed E-state index contributed by atoms with van der Waals surface area (Å²) >= 11 is 8.44. The van der Waals surface area contributed by atoms with Crippen molar-refractivity contribution in [3.05, 3.63) is 74.0 Å².